The summed E-state index contributed by atoms with van der Waals surface area (Å²) in [7, 11) is 1.56. The van der Waals surface area contributed by atoms with E-state index in [9.17, 15) is 4.79 Å². The van der Waals surface area contributed by atoms with Crippen LogP contribution in [-0.2, 0) is 0 Å². The second-order valence-corrected chi connectivity index (χ2v) is 4.77. The maximum atomic E-state index is 12.0. The molecule has 0 aliphatic rings. The van der Waals surface area contributed by atoms with Crippen LogP contribution in [0.25, 0.3) is 0 Å². The highest BCUT2D eigenvalue weighted by atomic mass is 79.9. The largest absolute Gasteiger partial charge is 0.496 e. The summed E-state index contributed by atoms with van der Waals surface area (Å²) in [5, 5.41) is 2.89. The SMILES string of the molecule is COc1ccc(C(=O)Nc2cnc(Cl)cn2)cc1Br. The van der Waals surface area contributed by atoms with Gasteiger partial charge in [0.1, 0.15) is 10.9 Å². The maximum Gasteiger partial charge on any atom is 0.256 e. The zero-order valence-electron chi connectivity index (χ0n) is 9.85. The molecule has 0 saturated carbocycles. The van der Waals surface area contributed by atoms with Crippen LogP contribution >= 0.6 is 27.5 Å². The van der Waals surface area contributed by atoms with E-state index < -0.39 is 0 Å². The molecule has 0 radical (unpaired) electrons. The zero-order valence-corrected chi connectivity index (χ0v) is 12.2. The van der Waals surface area contributed by atoms with Gasteiger partial charge in [-0.25, -0.2) is 9.97 Å². The van der Waals surface area contributed by atoms with Crippen LogP contribution in [0.3, 0.4) is 0 Å². The van der Waals surface area contributed by atoms with E-state index in [1.165, 1.54) is 12.4 Å². The predicted octanol–water partition coefficient (Wildman–Crippen LogP) is 3.15. The summed E-state index contributed by atoms with van der Waals surface area (Å²) in [6.07, 6.45) is 2.75. The highest BCUT2D eigenvalue weighted by Gasteiger charge is 2.09. The quantitative estimate of drug-likeness (QED) is 0.930. The molecule has 0 atom stereocenters. The Morgan fingerprint density at radius 2 is 2.16 bits per heavy atom. The Bertz CT molecular complexity index is 604. The number of nitrogens with zero attached hydrogens (tertiary/aromatic N) is 2. The van der Waals surface area contributed by atoms with Crippen molar-refractivity contribution in [3.05, 3.63) is 45.8 Å². The lowest BCUT2D eigenvalue weighted by Gasteiger charge is -2.07. The third-order valence-electron chi connectivity index (χ3n) is 2.28. The van der Waals surface area contributed by atoms with Crippen LogP contribution < -0.4 is 10.1 Å². The number of hydrogen-bond acceptors (Lipinski definition) is 4. The highest BCUT2D eigenvalue weighted by molar-refractivity contribution is 9.10. The fraction of sp³-hybridized carbons (Fsp3) is 0.0833. The second-order valence-electron chi connectivity index (χ2n) is 3.53. The molecule has 0 bridgehead atoms. The second kappa shape index (κ2) is 5.99. The van der Waals surface area contributed by atoms with Gasteiger partial charge in [-0.15, -0.1) is 0 Å². The van der Waals surface area contributed by atoms with E-state index >= 15 is 0 Å². The van der Waals surface area contributed by atoms with Crippen molar-refractivity contribution in [2.45, 2.75) is 0 Å². The van der Waals surface area contributed by atoms with Crippen molar-refractivity contribution in [1.82, 2.24) is 9.97 Å². The van der Waals surface area contributed by atoms with E-state index in [4.69, 9.17) is 16.3 Å². The van der Waals surface area contributed by atoms with E-state index in [2.05, 4.69) is 31.2 Å². The van der Waals surface area contributed by atoms with Gasteiger partial charge in [-0.3, -0.25) is 4.79 Å². The lowest BCUT2D eigenvalue weighted by atomic mass is 10.2. The minimum absolute atomic E-state index is 0.269. The molecule has 1 heterocycles. The molecule has 98 valence electrons. The molecule has 0 aliphatic heterocycles. The number of methoxy groups -OCH3 is 1. The zero-order chi connectivity index (χ0) is 13.8. The molecule has 7 heteroatoms. The fourth-order valence-corrected chi connectivity index (χ4v) is 2.01. The molecule has 1 aromatic heterocycles. The maximum absolute atomic E-state index is 12.0. The molecule has 2 aromatic rings. The first kappa shape index (κ1) is 13.8. The van der Waals surface area contributed by atoms with Crippen LogP contribution in [0.1, 0.15) is 10.4 Å². The third kappa shape index (κ3) is 3.42. The molecule has 0 aliphatic carbocycles. The Balaban J connectivity index is 2.16. The number of halogens is 2. The van der Waals surface area contributed by atoms with Gasteiger partial charge in [0, 0.05) is 5.56 Å². The van der Waals surface area contributed by atoms with Crippen LogP contribution in [0.15, 0.2) is 35.1 Å². The molecule has 0 saturated heterocycles. The lowest BCUT2D eigenvalue weighted by Crippen LogP contribution is -2.13. The molecule has 1 aromatic carbocycles. The lowest BCUT2D eigenvalue weighted by molar-refractivity contribution is 0.102. The van der Waals surface area contributed by atoms with Gasteiger partial charge < -0.3 is 10.1 Å². The molecule has 1 N–H and O–H groups in total. The van der Waals surface area contributed by atoms with Crippen LogP contribution in [0.5, 0.6) is 5.75 Å². The van der Waals surface area contributed by atoms with E-state index in [0.717, 1.165) is 0 Å². The van der Waals surface area contributed by atoms with E-state index in [-0.39, 0.29) is 11.1 Å². The molecule has 2 rings (SSSR count). The number of anilines is 1. The van der Waals surface area contributed by atoms with Gasteiger partial charge in [-0.1, -0.05) is 11.6 Å². The Morgan fingerprint density at radius 1 is 1.37 bits per heavy atom. The first-order valence-corrected chi connectivity index (χ1v) is 6.39. The summed E-state index contributed by atoms with van der Waals surface area (Å²) in [4.78, 5) is 19.7. The van der Waals surface area contributed by atoms with Crippen molar-refractivity contribution in [2.75, 3.05) is 12.4 Å². The van der Waals surface area contributed by atoms with Gasteiger partial charge in [0.25, 0.3) is 5.91 Å². The number of amides is 1. The van der Waals surface area contributed by atoms with Crippen molar-refractivity contribution in [3.8, 4) is 5.75 Å². The summed E-state index contributed by atoms with van der Waals surface area (Å²) in [6.45, 7) is 0. The van der Waals surface area contributed by atoms with E-state index in [1.807, 2.05) is 0 Å². The molecule has 1 amide bonds. The summed E-state index contributed by atoms with van der Waals surface area (Å²) < 4.78 is 5.79. The van der Waals surface area contributed by atoms with Gasteiger partial charge >= 0.3 is 0 Å². The standard InChI is InChI=1S/C12H9BrClN3O2/c1-19-9-3-2-7(4-8(9)13)12(18)17-11-6-15-10(14)5-16-11/h2-6H,1H3,(H,16,17,18). The topological polar surface area (TPSA) is 64.1 Å². The van der Waals surface area contributed by atoms with Crippen molar-refractivity contribution in [3.63, 3.8) is 0 Å². The molecule has 5 nitrogen and oxygen atoms in total. The smallest absolute Gasteiger partial charge is 0.256 e. The number of hydrogen-bond donors (Lipinski definition) is 1. The number of rotatable bonds is 3. The number of ether oxygens (including phenoxy) is 1. The van der Waals surface area contributed by atoms with Crippen LogP contribution in [0.2, 0.25) is 5.15 Å². The minimum atomic E-state index is -0.292. The molecular weight excluding hydrogens is 334 g/mol. The van der Waals surface area contributed by atoms with Gasteiger partial charge in [-0.2, -0.15) is 0 Å². The number of aromatic nitrogens is 2. The Labute approximate surface area is 123 Å². The van der Waals surface area contributed by atoms with Crippen LogP contribution in [0.4, 0.5) is 5.82 Å². The third-order valence-corrected chi connectivity index (χ3v) is 3.09. The molecule has 19 heavy (non-hydrogen) atoms. The van der Waals surface area contributed by atoms with Gasteiger partial charge in [0.2, 0.25) is 0 Å². The number of benzene rings is 1. The normalized spacial score (nSPS) is 10.1. The predicted molar refractivity (Wildman–Crippen MR) is 75.7 cm³/mol. The Hall–Kier alpha value is -1.66. The molecule has 0 unspecified atom stereocenters. The monoisotopic (exact) mass is 341 g/mol. The van der Waals surface area contributed by atoms with E-state index in [0.29, 0.717) is 21.6 Å². The van der Waals surface area contributed by atoms with Crippen LogP contribution in [-0.4, -0.2) is 23.0 Å². The number of carbonyl (C=O) groups excluding carboxylic acids is 1. The van der Waals surface area contributed by atoms with Crippen LogP contribution in [0, 0.1) is 0 Å². The first-order chi connectivity index (χ1) is 9.10. The molecular formula is C12H9BrClN3O2. The first-order valence-electron chi connectivity index (χ1n) is 5.22. The summed E-state index contributed by atoms with van der Waals surface area (Å²) >= 11 is 8.93. The highest BCUT2D eigenvalue weighted by Crippen LogP contribution is 2.25. The average molecular weight is 343 g/mol. The fourth-order valence-electron chi connectivity index (χ4n) is 1.37. The van der Waals surface area contributed by atoms with Gasteiger partial charge in [-0.05, 0) is 34.1 Å². The van der Waals surface area contributed by atoms with Crippen molar-refractivity contribution < 1.29 is 9.53 Å². The number of nitrogens with one attached hydrogen (secondary N) is 1. The Morgan fingerprint density at radius 3 is 2.74 bits per heavy atom. The number of carbonyl (C=O) groups is 1. The van der Waals surface area contributed by atoms with Gasteiger partial charge in [0.05, 0.1) is 24.0 Å². The van der Waals surface area contributed by atoms with Gasteiger partial charge in [0.15, 0.2) is 5.82 Å². The summed E-state index contributed by atoms with van der Waals surface area (Å²) in [5.74, 6) is 0.698. The average Bonchev–Trinajstić information content (AvgIpc) is 2.41. The van der Waals surface area contributed by atoms with Crippen molar-refractivity contribution >= 4 is 39.3 Å². The van der Waals surface area contributed by atoms with E-state index in [1.54, 1.807) is 25.3 Å². The summed E-state index contributed by atoms with van der Waals surface area (Å²) in [5.41, 5.74) is 0.476. The Kier molecular flexibility index (Phi) is 4.34. The summed E-state index contributed by atoms with van der Waals surface area (Å²) in [6, 6.07) is 5.02. The molecule has 0 fully saturated rings. The van der Waals surface area contributed by atoms with Crippen molar-refractivity contribution in [1.29, 1.82) is 0 Å². The molecule has 0 spiro atoms. The minimum Gasteiger partial charge on any atom is -0.496 e. The van der Waals surface area contributed by atoms with Crippen molar-refractivity contribution in [2.24, 2.45) is 0 Å².